The van der Waals surface area contributed by atoms with Crippen molar-refractivity contribution in [2.75, 3.05) is 14.1 Å². The summed E-state index contributed by atoms with van der Waals surface area (Å²) in [6, 6.07) is 18.7. The van der Waals surface area contributed by atoms with Crippen molar-refractivity contribution >= 4 is 22.6 Å². The molecule has 0 atom stereocenters. The molecule has 0 heterocycles. The highest BCUT2D eigenvalue weighted by Crippen LogP contribution is 2.22. The van der Waals surface area contributed by atoms with Gasteiger partial charge in [-0.2, -0.15) is 0 Å². The van der Waals surface area contributed by atoms with Gasteiger partial charge in [0.2, 0.25) is 5.91 Å². The smallest absolute Gasteiger partial charge is 0.274 e. The van der Waals surface area contributed by atoms with Gasteiger partial charge in [0.15, 0.2) is 0 Å². The van der Waals surface area contributed by atoms with Crippen LogP contribution in [0.5, 0.6) is 0 Å². The molecule has 7 heteroatoms. The second-order valence-electron chi connectivity index (χ2n) is 7.34. The van der Waals surface area contributed by atoms with Gasteiger partial charge in [0.1, 0.15) is 0 Å². The Labute approximate surface area is 175 Å². The number of nitrogens with zero attached hydrogens (tertiary/aromatic N) is 1. The van der Waals surface area contributed by atoms with E-state index in [4.69, 9.17) is 10.0 Å². The van der Waals surface area contributed by atoms with Gasteiger partial charge in [-0.1, -0.05) is 42.5 Å². The molecule has 0 radical (unpaired) electrons. The average Bonchev–Trinajstić information content (AvgIpc) is 2.73. The van der Waals surface area contributed by atoms with Crippen LogP contribution in [-0.4, -0.2) is 36.0 Å². The molecule has 0 aromatic heterocycles. The number of carbonyl (C=O) groups is 2. The topological polar surface area (TPSA) is 90.9 Å². The van der Waals surface area contributed by atoms with E-state index >= 15 is 0 Å². The first kappa shape index (κ1) is 21.4. The fourth-order valence-electron chi connectivity index (χ4n) is 3.27. The standard InChI is InChI=1S/C23H25N3O4/c1-26(2)14-20-12-17(11-19-5-3-4-6-21(19)20)15-30-25-22(27)13-16-7-9-18(10-8-16)23(28)24-29/h3-12,29H,13-15H2,1-2H3,(H,24,28)(H,25,27). The van der Waals surface area contributed by atoms with Crippen LogP contribution in [0.1, 0.15) is 27.0 Å². The van der Waals surface area contributed by atoms with Crippen molar-refractivity contribution in [2.24, 2.45) is 0 Å². The largest absolute Gasteiger partial charge is 0.305 e. The van der Waals surface area contributed by atoms with E-state index in [-0.39, 0.29) is 18.9 Å². The molecule has 0 spiro atoms. The molecular formula is C23H25N3O4. The van der Waals surface area contributed by atoms with E-state index in [2.05, 4.69) is 34.6 Å². The van der Waals surface area contributed by atoms with E-state index in [1.54, 1.807) is 17.6 Å². The number of nitrogens with one attached hydrogen (secondary N) is 2. The van der Waals surface area contributed by atoms with Gasteiger partial charge in [-0.05, 0) is 59.8 Å². The van der Waals surface area contributed by atoms with Crippen LogP contribution in [0, 0.1) is 0 Å². The number of hydroxylamine groups is 2. The molecule has 0 saturated heterocycles. The minimum atomic E-state index is -0.599. The molecule has 3 aromatic carbocycles. The number of fused-ring (bicyclic) bond motifs is 1. The van der Waals surface area contributed by atoms with Gasteiger partial charge in [0, 0.05) is 12.1 Å². The normalized spacial score (nSPS) is 10.9. The van der Waals surface area contributed by atoms with Crippen molar-refractivity contribution < 1.29 is 19.6 Å². The second kappa shape index (κ2) is 9.98. The van der Waals surface area contributed by atoms with E-state index < -0.39 is 5.91 Å². The lowest BCUT2D eigenvalue weighted by Crippen LogP contribution is -2.25. The molecule has 0 saturated carbocycles. The van der Waals surface area contributed by atoms with Crippen molar-refractivity contribution in [3.05, 3.63) is 82.9 Å². The summed E-state index contributed by atoms with van der Waals surface area (Å²) < 4.78 is 0. The maximum absolute atomic E-state index is 12.1. The molecule has 156 valence electrons. The summed E-state index contributed by atoms with van der Waals surface area (Å²) in [7, 11) is 4.06. The van der Waals surface area contributed by atoms with Gasteiger partial charge in [-0.15, -0.1) is 0 Å². The first-order valence-corrected chi connectivity index (χ1v) is 9.55. The highest BCUT2D eigenvalue weighted by Gasteiger charge is 2.09. The van der Waals surface area contributed by atoms with Crippen molar-refractivity contribution in [3.8, 4) is 0 Å². The minimum Gasteiger partial charge on any atom is -0.305 e. The van der Waals surface area contributed by atoms with Gasteiger partial charge in [0.05, 0.1) is 13.0 Å². The Kier molecular flexibility index (Phi) is 7.13. The monoisotopic (exact) mass is 407 g/mol. The first-order chi connectivity index (χ1) is 14.5. The van der Waals surface area contributed by atoms with Crippen LogP contribution < -0.4 is 11.0 Å². The van der Waals surface area contributed by atoms with Gasteiger partial charge >= 0.3 is 0 Å². The molecular weight excluding hydrogens is 382 g/mol. The molecule has 2 amide bonds. The molecule has 3 rings (SSSR count). The molecule has 0 aliphatic carbocycles. The summed E-state index contributed by atoms with van der Waals surface area (Å²) in [5, 5.41) is 11.0. The summed E-state index contributed by atoms with van der Waals surface area (Å²) in [5.41, 5.74) is 7.25. The second-order valence-corrected chi connectivity index (χ2v) is 7.34. The Morgan fingerprint density at radius 3 is 2.43 bits per heavy atom. The number of carbonyl (C=O) groups excluding carboxylic acids is 2. The van der Waals surface area contributed by atoms with Crippen LogP contribution in [-0.2, 0) is 29.2 Å². The Hall–Kier alpha value is -3.26. The summed E-state index contributed by atoms with van der Waals surface area (Å²) in [5.74, 6) is -0.887. The molecule has 3 N–H and O–H groups in total. The molecule has 3 aromatic rings. The zero-order chi connectivity index (χ0) is 21.5. The van der Waals surface area contributed by atoms with Crippen LogP contribution in [0.4, 0.5) is 0 Å². The molecule has 0 aliphatic rings. The van der Waals surface area contributed by atoms with Gasteiger partial charge in [-0.25, -0.2) is 11.0 Å². The van der Waals surface area contributed by atoms with Crippen molar-refractivity contribution in [2.45, 2.75) is 19.6 Å². The molecule has 0 bridgehead atoms. The fourth-order valence-corrected chi connectivity index (χ4v) is 3.27. The van der Waals surface area contributed by atoms with Crippen LogP contribution >= 0.6 is 0 Å². The lowest BCUT2D eigenvalue weighted by molar-refractivity contribution is -0.133. The van der Waals surface area contributed by atoms with E-state index in [9.17, 15) is 9.59 Å². The third kappa shape index (κ3) is 5.64. The number of hydrogen-bond donors (Lipinski definition) is 3. The Bertz CT molecular complexity index is 1030. The van der Waals surface area contributed by atoms with E-state index in [0.29, 0.717) is 5.56 Å². The molecule has 7 nitrogen and oxygen atoms in total. The van der Waals surface area contributed by atoms with E-state index in [1.165, 1.54) is 23.1 Å². The Morgan fingerprint density at radius 1 is 1.00 bits per heavy atom. The molecule has 30 heavy (non-hydrogen) atoms. The van der Waals surface area contributed by atoms with E-state index in [1.807, 2.05) is 26.2 Å². The molecule has 0 aliphatic heterocycles. The number of rotatable bonds is 8. The first-order valence-electron chi connectivity index (χ1n) is 9.55. The Morgan fingerprint density at radius 2 is 1.73 bits per heavy atom. The zero-order valence-electron chi connectivity index (χ0n) is 17.0. The Balaban J connectivity index is 1.58. The van der Waals surface area contributed by atoms with Crippen LogP contribution in [0.15, 0.2) is 60.7 Å². The summed E-state index contributed by atoms with van der Waals surface area (Å²) in [4.78, 5) is 31.0. The quantitative estimate of drug-likeness (QED) is 0.395. The molecule has 0 fully saturated rings. The van der Waals surface area contributed by atoms with Crippen LogP contribution in [0.2, 0.25) is 0 Å². The predicted octanol–water partition coefficient (Wildman–Crippen LogP) is 2.81. The lowest BCUT2D eigenvalue weighted by atomic mass is 10.0. The van der Waals surface area contributed by atoms with Crippen LogP contribution in [0.25, 0.3) is 10.8 Å². The third-order valence-electron chi connectivity index (χ3n) is 4.60. The maximum Gasteiger partial charge on any atom is 0.274 e. The minimum absolute atomic E-state index is 0.116. The zero-order valence-corrected chi connectivity index (χ0v) is 17.0. The van der Waals surface area contributed by atoms with Gasteiger partial charge < -0.3 is 4.90 Å². The summed E-state index contributed by atoms with van der Waals surface area (Å²) in [6.07, 6.45) is 0.116. The van der Waals surface area contributed by atoms with Crippen molar-refractivity contribution in [3.63, 3.8) is 0 Å². The number of benzene rings is 3. The predicted molar refractivity (Wildman–Crippen MR) is 114 cm³/mol. The highest BCUT2D eigenvalue weighted by atomic mass is 16.6. The van der Waals surface area contributed by atoms with Gasteiger partial charge in [-0.3, -0.25) is 19.6 Å². The fraction of sp³-hybridized carbons (Fsp3) is 0.217. The summed E-state index contributed by atoms with van der Waals surface area (Å²) in [6.45, 7) is 1.07. The number of amides is 2. The number of hydrogen-bond acceptors (Lipinski definition) is 5. The molecule has 0 unspecified atom stereocenters. The highest BCUT2D eigenvalue weighted by molar-refractivity contribution is 5.93. The SMILES string of the molecule is CN(C)Cc1cc(CONC(=O)Cc2ccc(C(=O)NO)cc2)cc2ccccc12. The lowest BCUT2D eigenvalue weighted by Gasteiger charge is -2.15. The third-order valence-corrected chi connectivity index (χ3v) is 4.60. The maximum atomic E-state index is 12.1. The summed E-state index contributed by atoms with van der Waals surface area (Å²) >= 11 is 0. The van der Waals surface area contributed by atoms with Gasteiger partial charge in [0.25, 0.3) is 5.91 Å². The van der Waals surface area contributed by atoms with Crippen molar-refractivity contribution in [1.29, 1.82) is 0 Å². The van der Waals surface area contributed by atoms with Crippen molar-refractivity contribution in [1.82, 2.24) is 15.9 Å². The van der Waals surface area contributed by atoms with E-state index in [0.717, 1.165) is 23.1 Å². The van der Waals surface area contributed by atoms with Crippen LogP contribution in [0.3, 0.4) is 0 Å². The average molecular weight is 407 g/mol.